The Morgan fingerprint density at radius 3 is 2.11 bits per heavy atom. The quantitative estimate of drug-likeness (QED) is 0.230. The van der Waals surface area contributed by atoms with Crippen LogP contribution in [0.4, 0.5) is 0 Å². The Hall–Kier alpha value is -4.46. The summed E-state index contributed by atoms with van der Waals surface area (Å²) >= 11 is 0. The molecule has 0 aliphatic rings. The molecule has 0 fully saturated rings. The van der Waals surface area contributed by atoms with Gasteiger partial charge in [0.2, 0.25) is 17.5 Å². The number of hydrogen-bond acceptors (Lipinski definition) is 7. The molecule has 0 aliphatic carbocycles. The Kier molecular flexibility index (Phi) is 7.98. The monoisotopic (exact) mass is 502 g/mol. The molecule has 8 nitrogen and oxygen atoms in total. The predicted molar refractivity (Wildman–Crippen MR) is 139 cm³/mol. The number of aromatic nitrogens is 2. The largest absolute Gasteiger partial charge is 0.497 e. The van der Waals surface area contributed by atoms with Crippen molar-refractivity contribution in [1.82, 2.24) is 9.78 Å². The van der Waals surface area contributed by atoms with Gasteiger partial charge in [-0.05, 0) is 55.8 Å². The van der Waals surface area contributed by atoms with Crippen LogP contribution >= 0.6 is 0 Å². The molecule has 0 N–H and O–H groups in total. The van der Waals surface area contributed by atoms with E-state index in [-0.39, 0.29) is 35.8 Å². The second kappa shape index (κ2) is 11.5. The van der Waals surface area contributed by atoms with Gasteiger partial charge in [-0.3, -0.25) is 4.79 Å². The predicted octanol–water partition coefficient (Wildman–Crippen LogP) is 6.09. The van der Waals surface area contributed by atoms with Gasteiger partial charge < -0.3 is 23.7 Å². The van der Waals surface area contributed by atoms with Gasteiger partial charge in [-0.25, -0.2) is 4.68 Å². The molecule has 0 radical (unpaired) electrons. The minimum Gasteiger partial charge on any atom is -0.497 e. The van der Waals surface area contributed by atoms with Gasteiger partial charge in [0.1, 0.15) is 35.2 Å². The summed E-state index contributed by atoms with van der Waals surface area (Å²) in [6, 6.07) is 21.7. The normalized spacial score (nSPS) is 10.8. The van der Waals surface area contributed by atoms with E-state index in [0.717, 1.165) is 5.56 Å². The van der Waals surface area contributed by atoms with Crippen LogP contribution in [0.15, 0.2) is 72.8 Å². The molecule has 0 aliphatic heterocycles. The lowest BCUT2D eigenvalue weighted by Gasteiger charge is -2.14. The number of methoxy groups -OCH3 is 3. The number of hydrogen-bond donors (Lipinski definition) is 0. The molecule has 0 amide bonds. The van der Waals surface area contributed by atoms with Crippen molar-refractivity contribution in [3.63, 3.8) is 0 Å². The Morgan fingerprint density at radius 2 is 1.49 bits per heavy atom. The maximum Gasteiger partial charge on any atom is 0.248 e. The average molecular weight is 503 g/mol. The van der Waals surface area contributed by atoms with Crippen LogP contribution < -0.4 is 23.7 Å². The maximum atomic E-state index is 14.1. The van der Waals surface area contributed by atoms with Crippen molar-refractivity contribution < 1.29 is 28.5 Å². The Morgan fingerprint density at radius 1 is 0.838 bits per heavy atom. The highest BCUT2D eigenvalue weighted by Crippen LogP contribution is 2.38. The van der Waals surface area contributed by atoms with Gasteiger partial charge in [0.05, 0.1) is 32.9 Å². The Balaban J connectivity index is 1.82. The van der Waals surface area contributed by atoms with Crippen LogP contribution in [0.25, 0.3) is 0 Å². The topological polar surface area (TPSA) is 81.0 Å². The van der Waals surface area contributed by atoms with E-state index in [4.69, 9.17) is 23.7 Å². The summed E-state index contributed by atoms with van der Waals surface area (Å²) in [6.45, 7) is 4.14. The first-order valence-corrected chi connectivity index (χ1v) is 11.8. The second-order valence-electron chi connectivity index (χ2n) is 8.47. The highest BCUT2D eigenvalue weighted by atomic mass is 16.5. The number of carbonyl (C=O) groups is 1. The van der Waals surface area contributed by atoms with Gasteiger partial charge in [-0.1, -0.05) is 30.3 Å². The first kappa shape index (κ1) is 25.6. The minimum absolute atomic E-state index is 0.119. The van der Waals surface area contributed by atoms with Gasteiger partial charge in [0, 0.05) is 6.07 Å². The molecule has 0 atom stereocenters. The molecule has 37 heavy (non-hydrogen) atoms. The van der Waals surface area contributed by atoms with Crippen molar-refractivity contribution in [3.8, 4) is 34.8 Å². The molecule has 0 unspecified atom stereocenters. The lowest BCUT2D eigenvalue weighted by Crippen LogP contribution is -2.09. The third kappa shape index (κ3) is 5.69. The zero-order valence-electron chi connectivity index (χ0n) is 21.6. The van der Waals surface area contributed by atoms with Crippen LogP contribution in [0, 0.1) is 0 Å². The van der Waals surface area contributed by atoms with E-state index in [2.05, 4.69) is 5.10 Å². The fraction of sp³-hybridized carbons (Fsp3) is 0.241. The molecule has 4 rings (SSSR count). The molecule has 8 heteroatoms. The third-order valence-corrected chi connectivity index (χ3v) is 5.70. The van der Waals surface area contributed by atoms with E-state index < -0.39 is 0 Å². The van der Waals surface area contributed by atoms with Gasteiger partial charge in [-0.2, -0.15) is 0 Å². The fourth-order valence-corrected chi connectivity index (χ4v) is 3.74. The molecule has 4 aromatic rings. The van der Waals surface area contributed by atoms with Crippen LogP contribution in [-0.4, -0.2) is 36.9 Å². The summed E-state index contributed by atoms with van der Waals surface area (Å²) in [5.74, 6) is 2.24. The van der Waals surface area contributed by atoms with E-state index in [1.807, 2.05) is 44.2 Å². The van der Waals surface area contributed by atoms with Crippen molar-refractivity contribution in [3.05, 3.63) is 89.5 Å². The second-order valence-corrected chi connectivity index (χ2v) is 8.47. The lowest BCUT2D eigenvalue weighted by atomic mass is 10.0. The Bertz CT molecular complexity index is 1350. The number of benzene rings is 3. The molecule has 1 heterocycles. The van der Waals surface area contributed by atoms with Crippen molar-refractivity contribution in [2.24, 2.45) is 0 Å². The summed E-state index contributed by atoms with van der Waals surface area (Å²) in [7, 11) is 4.66. The number of carbonyl (C=O) groups excluding carboxylic acids is 1. The van der Waals surface area contributed by atoms with Crippen molar-refractivity contribution in [1.29, 1.82) is 0 Å². The molecular formula is C29H30N2O6. The molecule has 3 aromatic carbocycles. The highest BCUT2D eigenvalue weighted by Gasteiger charge is 2.31. The average Bonchev–Trinajstić information content (AvgIpc) is 3.30. The first-order chi connectivity index (χ1) is 17.9. The molecule has 192 valence electrons. The lowest BCUT2D eigenvalue weighted by molar-refractivity contribution is 0.102. The molecule has 0 saturated heterocycles. The van der Waals surface area contributed by atoms with Crippen LogP contribution in [0.2, 0.25) is 0 Å². The van der Waals surface area contributed by atoms with Gasteiger partial charge in [0.15, 0.2) is 0 Å². The van der Waals surface area contributed by atoms with E-state index in [9.17, 15) is 4.79 Å². The summed E-state index contributed by atoms with van der Waals surface area (Å²) in [6.07, 6.45) is 0. The molecule has 0 saturated carbocycles. The van der Waals surface area contributed by atoms with Gasteiger partial charge in [-0.15, -0.1) is 5.10 Å². The Labute approximate surface area is 216 Å². The maximum absolute atomic E-state index is 14.1. The van der Waals surface area contributed by atoms with E-state index in [0.29, 0.717) is 28.6 Å². The van der Waals surface area contributed by atoms with Crippen molar-refractivity contribution in [2.45, 2.75) is 26.5 Å². The first-order valence-electron chi connectivity index (χ1n) is 11.8. The smallest absolute Gasteiger partial charge is 0.248 e. The van der Waals surface area contributed by atoms with E-state index >= 15 is 0 Å². The number of ether oxygens (including phenoxy) is 5. The number of ketones is 1. The van der Waals surface area contributed by atoms with E-state index in [1.165, 1.54) is 7.11 Å². The molecule has 1 aromatic heterocycles. The van der Waals surface area contributed by atoms with Crippen molar-refractivity contribution >= 4 is 5.78 Å². The molecule has 0 bridgehead atoms. The molecule has 0 spiro atoms. The zero-order chi connectivity index (χ0) is 26.4. The van der Waals surface area contributed by atoms with Crippen LogP contribution in [0.1, 0.15) is 41.4 Å². The summed E-state index contributed by atoms with van der Waals surface area (Å²) < 4.78 is 30.1. The summed E-state index contributed by atoms with van der Waals surface area (Å²) in [5.41, 5.74) is 1.47. The van der Waals surface area contributed by atoms with Crippen LogP contribution in [0.3, 0.4) is 0 Å². The number of rotatable bonds is 11. The van der Waals surface area contributed by atoms with Crippen LogP contribution in [-0.2, 0) is 6.61 Å². The zero-order valence-corrected chi connectivity index (χ0v) is 21.6. The van der Waals surface area contributed by atoms with Crippen LogP contribution in [0.5, 0.6) is 34.8 Å². The summed E-state index contributed by atoms with van der Waals surface area (Å²) in [4.78, 5) is 14.1. The fourth-order valence-electron chi connectivity index (χ4n) is 3.74. The standard InChI is InChI=1S/C29H30N2O6/c1-19(2)31-29(37-22-13-11-21(33-3)12-14-22)26(28(30-31)36-18-20-9-7-6-8-10-20)27(32)24-16-15-23(34-4)17-25(24)35-5/h6-17,19H,18H2,1-5H3. The summed E-state index contributed by atoms with van der Waals surface area (Å²) in [5, 5.41) is 4.65. The number of nitrogens with zero attached hydrogens (tertiary/aromatic N) is 2. The van der Waals surface area contributed by atoms with Gasteiger partial charge in [0.25, 0.3) is 0 Å². The molecular weight excluding hydrogens is 472 g/mol. The van der Waals surface area contributed by atoms with E-state index in [1.54, 1.807) is 61.4 Å². The van der Waals surface area contributed by atoms with Crippen molar-refractivity contribution in [2.75, 3.05) is 21.3 Å². The highest BCUT2D eigenvalue weighted by molar-refractivity contribution is 6.13. The van der Waals surface area contributed by atoms with Gasteiger partial charge >= 0.3 is 0 Å². The SMILES string of the molecule is COc1ccc(Oc2c(C(=O)c3ccc(OC)cc3OC)c(OCc3ccccc3)nn2C(C)C)cc1. The third-order valence-electron chi connectivity index (χ3n) is 5.70. The minimum atomic E-state index is -0.349.